The van der Waals surface area contributed by atoms with Gasteiger partial charge in [-0.05, 0) is 37.3 Å². The first-order valence-corrected chi connectivity index (χ1v) is 7.30. The van der Waals surface area contributed by atoms with Gasteiger partial charge in [0.25, 0.3) is 0 Å². The first-order valence-electron chi connectivity index (χ1n) is 7.30. The van der Waals surface area contributed by atoms with E-state index in [1.807, 2.05) is 24.3 Å². The molecule has 21 heavy (non-hydrogen) atoms. The van der Waals surface area contributed by atoms with Crippen LogP contribution < -0.4 is 5.32 Å². The summed E-state index contributed by atoms with van der Waals surface area (Å²) in [6.45, 7) is 1.62. The van der Waals surface area contributed by atoms with Crippen LogP contribution in [0.5, 0.6) is 0 Å². The fourth-order valence-electron chi connectivity index (χ4n) is 3.19. The molecular formula is C16H18N2O3. The number of rotatable bonds is 1. The third-order valence-corrected chi connectivity index (χ3v) is 4.37. The van der Waals surface area contributed by atoms with Crippen molar-refractivity contribution >= 4 is 17.7 Å². The van der Waals surface area contributed by atoms with Gasteiger partial charge < -0.3 is 4.90 Å². The minimum atomic E-state index is -0.593. The van der Waals surface area contributed by atoms with Crippen molar-refractivity contribution in [1.82, 2.24) is 10.2 Å². The molecule has 1 saturated heterocycles. The summed E-state index contributed by atoms with van der Waals surface area (Å²) in [5.74, 6) is -1.16. The van der Waals surface area contributed by atoms with Gasteiger partial charge in [-0.15, -0.1) is 0 Å². The zero-order valence-electron chi connectivity index (χ0n) is 12.0. The molecule has 2 aliphatic rings. The van der Waals surface area contributed by atoms with Crippen molar-refractivity contribution in [3.05, 3.63) is 35.4 Å². The molecule has 110 valence electrons. The van der Waals surface area contributed by atoms with Crippen molar-refractivity contribution in [2.75, 3.05) is 6.54 Å². The van der Waals surface area contributed by atoms with Crippen LogP contribution in [-0.2, 0) is 20.8 Å². The van der Waals surface area contributed by atoms with Gasteiger partial charge in [0.15, 0.2) is 0 Å². The molecule has 1 aliphatic carbocycles. The monoisotopic (exact) mass is 286 g/mol. The lowest BCUT2D eigenvalue weighted by Gasteiger charge is -2.36. The lowest BCUT2D eigenvalue weighted by molar-refractivity contribution is -0.150. The molecule has 2 unspecified atom stereocenters. The second-order valence-corrected chi connectivity index (χ2v) is 5.70. The molecule has 1 aromatic rings. The van der Waals surface area contributed by atoms with Gasteiger partial charge in [0.2, 0.25) is 17.7 Å². The molecule has 1 aliphatic heterocycles. The highest BCUT2D eigenvalue weighted by molar-refractivity contribution is 6.04. The molecule has 3 amide bonds. The summed E-state index contributed by atoms with van der Waals surface area (Å²) in [6.07, 6.45) is 2.71. The van der Waals surface area contributed by atoms with E-state index >= 15 is 0 Å². The summed E-state index contributed by atoms with van der Waals surface area (Å²) in [7, 11) is 0. The number of benzene rings is 1. The molecule has 1 fully saturated rings. The standard InChI is InChI=1S/C16H18N2O3/c1-10-15(20)17-14(19)9-18(10)16(21)13-8-4-6-11-5-2-3-7-12(11)13/h2-3,5,7,10,13H,4,6,8-9H2,1H3,(H,17,19,20). The van der Waals surface area contributed by atoms with E-state index in [2.05, 4.69) is 5.32 Å². The Morgan fingerprint density at radius 3 is 2.86 bits per heavy atom. The maximum atomic E-state index is 12.8. The number of nitrogens with zero attached hydrogens (tertiary/aromatic N) is 1. The Labute approximate surface area is 123 Å². The van der Waals surface area contributed by atoms with Crippen LogP contribution in [0.3, 0.4) is 0 Å². The Balaban J connectivity index is 1.89. The number of fused-ring (bicyclic) bond motifs is 1. The molecule has 0 aromatic heterocycles. The minimum absolute atomic E-state index is 0.0373. The highest BCUT2D eigenvalue weighted by atomic mass is 16.2. The second kappa shape index (κ2) is 5.31. The van der Waals surface area contributed by atoms with Gasteiger partial charge in [-0.25, -0.2) is 0 Å². The van der Waals surface area contributed by atoms with Gasteiger partial charge in [-0.1, -0.05) is 24.3 Å². The molecule has 2 atom stereocenters. The van der Waals surface area contributed by atoms with Crippen LogP contribution in [-0.4, -0.2) is 35.2 Å². The lowest BCUT2D eigenvalue weighted by Crippen LogP contribution is -2.59. The normalized spacial score (nSPS) is 25.3. The number of piperazine rings is 1. The molecule has 0 bridgehead atoms. The van der Waals surface area contributed by atoms with E-state index < -0.39 is 17.9 Å². The summed E-state index contributed by atoms with van der Waals surface area (Å²) < 4.78 is 0. The number of hydrogen-bond acceptors (Lipinski definition) is 3. The molecular weight excluding hydrogens is 268 g/mol. The van der Waals surface area contributed by atoms with E-state index in [4.69, 9.17) is 0 Å². The summed E-state index contributed by atoms with van der Waals surface area (Å²) in [4.78, 5) is 37.5. The van der Waals surface area contributed by atoms with E-state index in [1.54, 1.807) is 6.92 Å². The van der Waals surface area contributed by atoms with Crippen LogP contribution in [0.25, 0.3) is 0 Å². The van der Waals surface area contributed by atoms with Crippen LogP contribution in [0.1, 0.15) is 36.8 Å². The third-order valence-electron chi connectivity index (χ3n) is 4.37. The van der Waals surface area contributed by atoms with Gasteiger partial charge in [0.05, 0.1) is 5.92 Å². The largest absolute Gasteiger partial charge is 0.321 e. The Bertz CT molecular complexity index is 611. The van der Waals surface area contributed by atoms with Crippen molar-refractivity contribution in [3.63, 3.8) is 0 Å². The fraction of sp³-hybridized carbons (Fsp3) is 0.438. The van der Waals surface area contributed by atoms with Gasteiger partial charge in [-0.3, -0.25) is 19.7 Å². The molecule has 0 spiro atoms. The predicted octanol–water partition coefficient (Wildman–Crippen LogP) is 0.980. The zero-order valence-corrected chi connectivity index (χ0v) is 12.0. The van der Waals surface area contributed by atoms with E-state index in [1.165, 1.54) is 10.5 Å². The summed E-state index contributed by atoms with van der Waals surface area (Å²) in [6, 6.07) is 7.35. The first kappa shape index (κ1) is 13.8. The van der Waals surface area contributed by atoms with Crippen molar-refractivity contribution in [1.29, 1.82) is 0 Å². The average molecular weight is 286 g/mol. The van der Waals surface area contributed by atoms with Gasteiger partial charge in [-0.2, -0.15) is 0 Å². The number of nitrogens with one attached hydrogen (secondary N) is 1. The quantitative estimate of drug-likeness (QED) is 0.783. The van der Waals surface area contributed by atoms with Crippen LogP contribution in [0.15, 0.2) is 24.3 Å². The summed E-state index contributed by atoms with van der Waals surface area (Å²) >= 11 is 0. The lowest BCUT2D eigenvalue weighted by atomic mass is 9.82. The van der Waals surface area contributed by atoms with E-state index in [0.717, 1.165) is 24.8 Å². The van der Waals surface area contributed by atoms with E-state index in [0.29, 0.717) is 0 Å². The van der Waals surface area contributed by atoms with Crippen LogP contribution in [0, 0.1) is 0 Å². The molecule has 5 heteroatoms. The van der Waals surface area contributed by atoms with Gasteiger partial charge in [0.1, 0.15) is 12.6 Å². The van der Waals surface area contributed by atoms with Crippen molar-refractivity contribution in [2.45, 2.75) is 38.1 Å². The molecule has 5 nitrogen and oxygen atoms in total. The molecule has 1 N–H and O–H groups in total. The average Bonchev–Trinajstić information content (AvgIpc) is 2.49. The highest BCUT2D eigenvalue weighted by Gasteiger charge is 2.38. The van der Waals surface area contributed by atoms with Crippen LogP contribution in [0.4, 0.5) is 0 Å². The Morgan fingerprint density at radius 2 is 2.05 bits per heavy atom. The van der Waals surface area contributed by atoms with E-state index in [-0.39, 0.29) is 18.4 Å². The number of carbonyl (C=O) groups is 3. The Hall–Kier alpha value is -2.17. The number of hydrogen-bond donors (Lipinski definition) is 1. The second-order valence-electron chi connectivity index (χ2n) is 5.70. The first-order chi connectivity index (χ1) is 10.1. The molecule has 1 heterocycles. The maximum absolute atomic E-state index is 12.8. The summed E-state index contributed by atoms with van der Waals surface area (Å²) in [5, 5.41) is 2.26. The van der Waals surface area contributed by atoms with Crippen LogP contribution >= 0.6 is 0 Å². The maximum Gasteiger partial charge on any atom is 0.249 e. The third kappa shape index (κ3) is 2.44. The summed E-state index contributed by atoms with van der Waals surface area (Å²) in [5.41, 5.74) is 2.24. The number of aryl methyl sites for hydroxylation is 1. The number of amides is 3. The molecule has 0 saturated carbocycles. The number of carbonyl (C=O) groups excluding carboxylic acids is 3. The topological polar surface area (TPSA) is 66.5 Å². The van der Waals surface area contributed by atoms with Crippen LogP contribution in [0.2, 0.25) is 0 Å². The highest BCUT2D eigenvalue weighted by Crippen LogP contribution is 2.33. The van der Waals surface area contributed by atoms with E-state index in [9.17, 15) is 14.4 Å². The predicted molar refractivity (Wildman–Crippen MR) is 76.4 cm³/mol. The molecule has 0 radical (unpaired) electrons. The fourth-order valence-corrected chi connectivity index (χ4v) is 3.19. The van der Waals surface area contributed by atoms with Gasteiger partial charge in [0, 0.05) is 0 Å². The SMILES string of the molecule is CC1C(=O)NC(=O)CN1C(=O)C1CCCc2ccccc21. The Kier molecular flexibility index (Phi) is 3.49. The minimum Gasteiger partial charge on any atom is -0.321 e. The molecule has 1 aromatic carbocycles. The zero-order chi connectivity index (χ0) is 15.0. The van der Waals surface area contributed by atoms with Crippen molar-refractivity contribution < 1.29 is 14.4 Å². The number of imide groups is 1. The smallest absolute Gasteiger partial charge is 0.249 e. The van der Waals surface area contributed by atoms with Gasteiger partial charge >= 0.3 is 0 Å². The Morgan fingerprint density at radius 1 is 1.29 bits per heavy atom. The van der Waals surface area contributed by atoms with Crippen molar-refractivity contribution in [2.24, 2.45) is 0 Å². The van der Waals surface area contributed by atoms with Crippen molar-refractivity contribution in [3.8, 4) is 0 Å². The molecule has 3 rings (SSSR count).